The predicted octanol–water partition coefficient (Wildman–Crippen LogP) is 2.65. The largest absolute Gasteiger partial charge is 0.490 e. The van der Waals surface area contributed by atoms with Gasteiger partial charge in [0, 0.05) is 0 Å². The molecule has 0 saturated heterocycles. The fourth-order valence-electron chi connectivity index (χ4n) is 1.34. The maximum absolute atomic E-state index is 11.7. The highest BCUT2D eigenvalue weighted by Crippen LogP contribution is 2.27. The Morgan fingerprint density at radius 2 is 2.00 bits per heavy atom. The van der Waals surface area contributed by atoms with Crippen LogP contribution in [0.5, 0.6) is 11.5 Å². The Morgan fingerprint density at radius 3 is 2.53 bits per heavy atom. The molecule has 1 aromatic rings. The normalized spacial score (nSPS) is 11.4. The summed E-state index contributed by atoms with van der Waals surface area (Å²) in [6.45, 7) is 4.23. The predicted molar refractivity (Wildman–Crippen MR) is 65.9 cm³/mol. The summed E-state index contributed by atoms with van der Waals surface area (Å²) in [4.78, 5) is 11.7. The molecule has 0 aliphatic heterocycles. The Morgan fingerprint density at radius 1 is 1.35 bits per heavy atom. The quantitative estimate of drug-likeness (QED) is 0.445. The van der Waals surface area contributed by atoms with Gasteiger partial charge in [0.1, 0.15) is 5.92 Å². The summed E-state index contributed by atoms with van der Waals surface area (Å²) in [5.41, 5.74) is 0. The summed E-state index contributed by atoms with van der Waals surface area (Å²) in [7, 11) is 0. The number of hydrogen-bond donors (Lipinski definition) is 0. The topological polar surface area (TPSA) is 35.5 Å². The van der Waals surface area contributed by atoms with E-state index >= 15 is 0 Å². The van der Waals surface area contributed by atoms with Gasteiger partial charge in [0.25, 0.3) is 0 Å². The van der Waals surface area contributed by atoms with Crippen LogP contribution in [-0.4, -0.2) is 12.6 Å². The highest BCUT2D eigenvalue weighted by Gasteiger charge is 2.17. The molecule has 0 radical (unpaired) electrons. The van der Waals surface area contributed by atoms with Crippen LogP contribution in [0.3, 0.4) is 0 Å². The smallest absolute Gasteiger partial charge is 0.326 e. The number of carbonyl (C=O) groups is 1. The van der Waals surface area contributed by atoms with Gasteiger partial charge in [-0.2, -0.15) is 0 Å². The van der Waals surface area contributed by atoms with Crippen molar-refractivity contribution >= 4 is 5.97 Å². The van der Waals surface area contributed by atoms with Gasteiger partial charge >= 0.3 is 5.97 Å². The maximum atomic E-state index is 11.7. The van der Waals surface area contributed by atoms with Crippen molar-refractivity contribution in [2.45, 2.75) is 20.3 Å². The van der Waals surface area contributed by atoms with Gasteiger partial charge in [-0.3, -0.25) is 4.79 Å². The van der Waals surface area contributed by atoms with Crippen LogP contribution in [-0.2, 0) is 4.79 Å². The zero-order valence-corrected chi connectivity index (χ0v) is 10.1. The highest BCUT2D eigenvalue weighted by atomic mass is 16.6. The van der Waals surface area contributed by atoms with Crippen LogP contribution in [0, 0.1) is 18.3 Å². The van der Waals surface area contributed by atoms with E-state index in [-0.39, 0.29) is 0 Å². The summed E-state index contributed by atoms with van der Waals surface area (Å²) in [5.74, 6) is 2.44. The average Bonchev–Trinajstić information content (AvgIpc) is 2.33. The third-order valence-corrected chi connectivity index (χ3v) is 2.25. The molecule has 1 rings (SSSR count). The van der Waals surface area contributed by atoms with Crippen molar-refractivity contribution in [3.05, 3.63) is 24.3 Å². The van der Waals surface area contributed by atoms with Crippen LogP contribution in [0.15, 0.2) is 24.3 Å². The SMILES string of the molecule is C#CC(CC)C(=O)Oc1ccccc1OCC. The van der Waals surface area contributed by atoms with Gasteiger partial charge in [-0.05, 0) is 25.5 Å². The zero-order chi connectivity index (χ0) is 12.7. The molecular formula is C14H16O3. The van der Waals surface area contributed by atoms with E-state index in [1.807, 2.05) is 19.9 Å². The van der Waals surface area contributed by atoms with Crippen LogP contribution in [0.25, 0.3) is 0 Å². The lowest BCUT2D eigenvalue weighted by Crippen LogP contribution is -2.18. The number of hydrogen-bond acceptors (Lipinski definition) is 3. The van der Waals surface area contributed by atoms with Crippen LogP contribution in [0.4, 0.5) is 0 Å². The van der Waals surface area contributed by atoms with E-state index in [9.17, 15) is 4.79 Å². The van der Waals surface area contributed by atoms with Gasteiger partial charge in [-0.1, -0.05) is 25.0 Å². The molecule has 3 nitrogen and oxygen atoms in total. The molecule has 0 aromatic heterocycles. The Labute approximate surface area is 102 Å². The second-order valence-electron chi connectivity index (χ2n) is 3.43. The molecule has 0 bridgehead atoms. The van der Waals surface area contributed by atoms with Gasteiger partial charge in [-0.15, -0.1) is 6.42 Å². The molecule has 0 aliphatic rings. The Hall–Kier alpha value is -1.95. The van der Waals surface area contributed by atoms with Crippen molar-refractivity contribution in [3.63, 3.8) is 0 Å². The molecule has 1 unspecified atom stereocenters. The third kappa shape index (κ3) is 3.53. The number of ether oxygens (including phenoxy) is 2. The number of terminal acetylenes is 1. The minimum atomic E-state index is -0.510. The van der Waals surface area contributed by atoms with Crippen molar-refractivity contribution in [2.24, 2.45) is 5.92 Å². The van der Waals surface area contributed by atoms with E-state index < -0.39 is 11.9 Å². The number of benzene rings is 1. The summed E-state index contributed by atoms with van der Waals surface area (Å²) >= 11 is 0. The molecule has 0 spiro atoms. The zero-order valence-electron chi connectivity index (χ0n) is 10.1. The number of rotatable bonds is 5. The van der Waals surface area contributed by atoms with E-state index in [0.29, 0.717) is 24.5 Å². The standard InChI is InChI=1S/C14H16O3/c1-4-11(5-2)14(15)17-13-10-8-7-9-12(13)16-6-3/h1,7-11H,5-6H2,2-3H3. The molecule has 0 heterocycles. The van der Waals surface area contributed by atoms with Crippen molar-refractivity contribution in [2.75, 3.05) is 6.61 Å². The maximum Gasteiger partial charge on any atom is 0.326 e. The first-order chi connectivity index (χ1) is 8.22. The van der Waals surface area contributed by atoms with Crippen molar-refractivity contribution in [3.8, 4) is 23.8 Å². The molecule has 0 fully saturated rings. The second-order valence-corrected chi connectivity index (χ2v) is 3.43. The lowest BCUT2D eigenvalue weighted by Gasteiger charge is -2.12. The first-order valence-corrected chi connectivity index (χ1v) is 5.62. The second kappa shape index (κ2) is 6.59. The Kier molecular flexibility index (Phi) is 5.09. The van der Waals surface area contributed by atoms with Gasteiger partial charge in [0.15, 0.2) is 11.5 Å². The fourth-order valence-corrected chi connectivity index (χ4v) is 1.34. The highest BCUT2D eigenvalue weighted by molar-refractivity contribution is 5.78. The molecule has 1 aromatic carbocycles. The van der Waals surface area contributed by atoms with Crippen LogP contribution in [0.2, 0.25) is 0 Å². The van der Waals surface area contributed by atoms with Gasteiger partial charge < -0.3 is 9.47 Å². The van der Waals surface area contributed by atoms with E-state index in [0.717, 1.165) is 0 Å². The summed E-state index contributed by atoms with van der Waals surface area (Å²) in [6, 6.07) is 7.04. The van der Waals surface area contributed by atoms with Gasteiger partial charge in [0.2, 0.25) is 0 Å². The van der Waals surface area contributed by atoms with Crippen LogP contribution in [0.1, 0.15) is 20.3 Å². The van der Waals surface area contributed by atoms with Crippen molar-refractivity contribution in [1.29, 1.82) is 0 Å². The molecule has 0 aliphatic carbocycles. The molecule has 1 atom stereocenters. The van der Waals surface area contributed by atoms with E-state index in [2.05, 4.69) is 5.92 Å². The molecule has 3 heteroatoms. The summed E-state index contributed by atoms with van der Waals surface area (Å²) < 4.78 is 10.6. The Balaban J connectivity index is 2.81. The molecule has 90 valence electrons. The number of esters is 1. The molecule has 0 amide bonds. The average molecular weight is 232 g/mol. The molecule has 0 N–H and O–H groups in total. The van der Waals surface area contributed by atoms with Crippen molar-refractivity contribution < 1.29 is 14.3 Å². The van der Waals surface area contributed by atoms with E-state index in [4.69, 9.17) is 15.9 Å². The first-order valence-electron chi connectivity index (χ1n) is 5.62. The van der Waals surface area contributed by atoms with E-state index in [1.165, 1.54) is 0 Å². The van der Waals surface area contributed by atoms with Crippen molar-refractivity contribution in [1.82, 2.24) is 0 Å². The summed E-state index contributed by atoms with van der Waals surface area (Å²) in [6.07, 6.45) is 5.81. The van der Waals surface area contributed by atoms with E-state index in [1.54, 1.807) is 18.2 Å². The molecule has 17 heavy (non-hydrogen) atoms. The monoisotopic (exact) mass is 232 g/mol. The third-order valence-electron chi connectivity index (χ3n) is 2.25. The summed E-state index contributed by atoms with van der Waals surface area (Å²) in [5, 5.41) is 0. The minimum absolute atomic E-state index is 0.410. The molecular weight excluding hydrogens is 216 g/mol. The van der Waals surface area contributed by atoms with Gasteiger partial charge in [0.05, 0.1) is 6.61 Å². The first kappa shape index (κ1) is 13.1. The fraction of sp³-hybridized carbons (Fsp3) is 0.357. The minimum Gasteiger partial charge on any atom is -0.490 e. The lowest BCUT2D eigenvalue weighted by atomic mass is 10.1. The van der Waals surface area contributed by atoms with Crippen LogP contribution < -0.4 is 9.47 Å². The molecule has 0 saturated carbocycles. The Bertz CT molecular complexity index is 418. The lowest BCUT2D eigenvalue weighted by molar-refractivity contribution is -0.137. The number of para-hydroxylation sites is 2. The number of carbonyl (C=O) groups excluding carboxylic acids is 1. The van der Waals surface area contributed by atoms with Gasteiger partial charge in [-0.25, -0.2) is 0 Å². The van der Waals surface area contributed by atoms with Crippen LogP contribution >= 0.6 is 0 Å².